The quantitative estimate of drug-likeness (QED) is 0.438. The molecule has 1 aliphatic carbocycles. The summed E-state index contributed by atoms with van der Waals surface area (Å²) >= 11 is 0. The fourth-order valence-electron chi connectivity index (χ4n) is 2.67. The van der Waals surface area contributed by atoms with Gasteiger partial charge in [0.25, 0.3) is 20.2 Å². The van der Waals surface area contributed by atoms with Crippen LogP contribution in [0.5, 0.6) is 11.5 Å². The van der Waals surface area contributed by atoms with E-state index in [4.69, 9.17) is 9.11 Å². The Hall–Kier alpha value is -2.80. The number of phenols is 2. The van der Waals surface area contributed by atoms with Crippen molar-refractivity contribution < 1.29 is 45.7 Å². The number of benzene rings is 2. The Kier molecular flexibility index (Phi) is 3.70. The second-order valence-electron chi connectivity index (χ2n) is 5.28. The summed E-state index contributed by atoms with van der Waals surface area (Å²) in [4.78, 5) is 23.0. The minimum absolute atomic E-state index is 0.411. The molecular formula is C14H8O10S2. The third kappa shape index (κ3) is 2.47. The standard InChI is InChI=1S/C14H8O10S2/c15-11-5-1-3-7(25(19,20)21)12(16)9(5)14(18)10-6(11)2-4-8(13(10)17)26(22,23)24/h1-4,16-17H,(H,19,20,21)(H,22,23,24). The summed E-state index contributed by atoms with van der Waals surface area (Å²) < 4.78 is 63.2. The maximum atomic E-state index is 12.6. The first kappa shape index (κ1) is 18.0. The first-order chi connectivity index (χ1) is 11.9. The van der Waals surface area contributed by atoms with Crippen molar-refractivity contribution in [3.05, 3.63) is 46.5 Å². The number of ketones is 2. The van der Waals surface area contributed by atoms with Crippen molar-refractivity contribution in [2.24, 2.45) is 0 Å². The van der Waals surface area contributed by atoms with Crippen molar-refractivity contribution in [3.63, 3.8) is 0 Å². The topological polar surface area (TPSA) is 183 Å². The average Bonchev–Trinajstić information content (AvgIpc) is 2.49. The van der Waals surface area contributed by atoms with Crippen LogP contribution in [0.4, 0.5) is 0 Å². The molecule has 0 atom stereocenters. The molecule has 2 aromatic carbocycles. The SMILES string of the molecule is O=C1c2ccc(S(=O)(=O)O)c(O)c2C(=O)c2c1ccc(S(=O)(=O)O)c2O. The molecule has 0 heterocycles. The third-order valence-electron chi connectivity index (χ3n) is 3.78. The second kappa shape index (κ2) is 5.35. The predicted molar refractivity (Wildman–Crippen MR) is 82.7 cm³/mol. The van der Waals surface area contributed by atoms with Crippen LogP contribution in [0.25, 0.3) is 0 Å². The lowest BCUT2D eigenvalue weighted by atomic mass is 9.83. The summed E-state index contributed by atoms with van der Waals surface area (Å²) in [5.74, 6) is -4.64. The minimum Gasteiger partial charge on any atom is -0.506 e. The number of hydrogen-bond acceptors (Lipinski definition) is 8. The van der Waals surface area contributed by atoms with Gasteiger partial charge in [-0.3, -0.25) is 18.7 Å². The molecule has 2 aromatic rings. The van der Waals surface area contributed by atoms with Crippen molar-refractivity contribution in [2.45, 2.75) is 9.79 Å². The Morgan fingerprint density at radius 2 is 0.962 bits per heavy atom. The lowest BCUT2D eigenvalue weighted by molar-refractivity contribution is 0.0973. The molecule has 4 N–H and O–H groups in total. The van der Waals surface area contributed by atoms with Crippen molar-refractivity contribution in [1.82, 2.24) is 0 Å². The van der Waals surface area contributed by atoms with E-state index < -0.39 is 75.3 Å². The Morgan fingerprint density at radius 1 is 0.615 bits per heavy atom. The van der Waals surface area contributed by atoms with Gasteiger partial charge < -0.3 is 10.2 Å². The third-order valence-corrected chi connectivity index (χ3v) is 5.55. The van der Waals surface area contributed by atoms with E-state index in [1.54, 1.807) is 0 Å². The smallest absolute Gasteiger partial charge is 0.298 e. The zero-order valence-electron chi connectivity index (χ0n) is 12.4. The summed E-state index contributed by atoms with van der Waals surface area (Å²) in [6, 6.07) is 3.20. The minimum atomic E-state index is -4.94. The van der Waals surface area contributed by atoms with E-state index >= 15 is 0 Å². The molecule has 12 heteroatoms. The monoisotopic (exact) mass is 400 g/mol. The molecule has 0 aliphatic heterocycles. The van der Waals surface area contributed by atoms with Crippen molar-refractivity contribution >= 4 is 31.8 Å². The van der Waals surface area contributed by atoms with Crippen LogP contribution in [0.15, 0.2) is 34.1 Å². The van der Waals surface area contributed by atoms with Gasteiger partial charge in [0, 0.05) is 11.1 Å². The number of hydrogen-bond donors (Lipinski definition) is 4. The highest BCUT2D eigenvalue weighted by atomic mass is 32.2. The molecule has 0 fully saturated rings. The van der Waals surface area contributed by atoms with Gasteiger partial charge in [0.15, 0.2) is 5.78 Å². The number of carbonyl (C=O) groups is 2. The maximum Gasteiger partial charge on any atom is 0.298 e. The van der Waals surface area contributed by atoms with Crippen molar-refractivity contribution in [2.75, 3.05) is 0 Å². The van der Waals surface area contributed by atoms with Crippen LogP contribution in [-0.4, -0.2) is 47.7 Å². The first-order valence-electron chi connectivity index (χ1n) is 6.62. The fraction of sp³-hybridized carbons (Fsp3) is 0. The molecule has 10 nitrogen and oxygen atoms in total. The van der Waals surface area contributed by atoms with Crippen LogP contribution >= 0.6 is 0 Å². The lowest BCUT2D eigenvalue weighted by Gasteiger charge is -2.20. The highest BCUT2D eigenvalue weighted by Crippen LogP contribution is 2.41. The van der Waals surface area contributed by atoms with E-state index in [1.165, 1.54) is 0 Å². The van der Waals surface area contributed by atoms with Crippen molar-refractivity contribution in [1.29, 1.82) is 0 Å². The van der Waals surface area contributed by atoms with Gasteiger partial charge in [0.2, 0.25) is 5.78 Å². The van der Waals surface area contributed by atoms with E-state index in [0.717, 1.165) is 12.1 Å². The van der Waals surface area contributed by atoms with Gasteiger partial charge in [0.1, 0.15) is 21.3 Å². The van der Waals surface area contributed by atoms with Crippen molar-refractivity contribution in [3.8, 4) is 11.5 Å². The molecule has 0 saturated heterocycles. The van der Waals surface area contributed by atoms with Crippen LogP contribution in [0, 0.1) is 0 Å². The Bertz CT molecular complexity index is 1130. The summed E-state index contributed by atoms with van der Waals surface area (Å²) in [6.07, 6.45) is 0. The summed E-state index contributed by atoms with van der Waals surface area (Å²) in [5.41, 5.74) is -2.49. The molecular weight excluding hydrogens is 392 g/mol. The van der Waals surface area contributed by atoms with Crippen LogP contribution in [-0.2, 0) is 20.2 Å². The fourth-order valence-corrected chi connectivity index (χ4v) is 3.84. The first-order valence-corrected chi connectivity index (χ1v) is 9.50. The lowest BCUT2D eigenvalue weighted by Crippen LogP contribution is -2.22. The molecule has 0 aromatic heterocycles. The maximum absolute atomic E-state index is 12.6. The van der Waals surface area contributed by atoms with E-state index in [0.29, 0.717) is 12.1 Å². The predicted octanol–water partition coefficient (Wildman–Crippen LogP) is 0.367. The summed E-state index contributed by atoms with van der Waals surface area (Å²) in [7, 11) is -9.88. The van der Waals surface area contributed by atoms with Gasteiger partial charge in [-0.1, -0.05) is 0 Å². The molecule has 0 bridgehead atoms. The summed E-state index contributed by atoms with van der Waals surface area (Å²) in [6.45, 7) is 0. The number of fused-ring (bicyclic) bond motifs is 2. The average molecular weight is 400 g/mol. The van der Waals surface area contributed by atoms with E-state index in [9.17, 15) is 36.6 Å². The Labute approximate surface area is 145 Å². The zero-order chi connectivity index (χ0) is 19.6. The molecule has 136 valence electrons. The Balaban J connectivity index is 2.40. The van der Waals surface area contributed by atoms with E-state index in [2.05, 4.69) is 0 Å². The number of rotatable bonds is 2. The molecule has 26 heavy (non-hydrogen) atoms. The van der Waals surface area contributed by atoms with Gasteiger partial charge in [-0.15, -0.1) is 0 Å². The van der Waals surface area contributed by atoms with Gasteiger partial charge >= 0.3 is 0 Å². The molecule has 1 aliphatic rings. The number of aromatic hydroxyl groups is 2. The Morgan fingerprint density at radius 3 is 1.27 bits per heavy atom. The molecule has 0 spiro atoms. The van der Waals surface area contributed by atoms with Gasteiger partial charge in [-0.2, -0.15) is 16.8 Å². The largest absolute Gasteiger partial charge is 0.506 e. The molecule has 0 amide bonds. The van der Waals surface area contributed by atoms with Crippen LogP contribution in [0.3, 0.4) is 0 Å². The van der Waals surface area contributed by atoms with Gasteiger partial charge in [-0.25, -0.2) is 0 Å². The highest BCUT2D eigenvalue weighted by molar-refractivity contribution is 7.86. The summed E-state index contributed by atoms with van der Waals surface area (Å²) in [5, 5.41) is 20.1. The van der Waals surface area contributed by atoms with Crippen LogP contribution in [0.1, 0.15) is 31.8 Å². The zero-order valence-corrected chi connectivity index (χ0v) is 14.0. The van der Waals surface area contributed by atoms with E-state index in [1.807, 2.05) is 0 Å². The number of phenolic OH excluding ortho intramolecular Hbond substituents is 2. The number of carbonyl (C=O) groups excluding carboxylic acids is 2. The van der Waals surface area contributed by atoms with Gasteiger partial charge in [-0.05, 0) is 24.3 Å². The van der Waals surface area contributed by atoms with E-state index in [-0.39, 0.29) is 0 Å². The molecule has 0 unspecified atom stereocenters. The molecule has 3 rings (SSSR count). The van der Waals surface area contributed by atoms with Crippen LogP contribution in [0.2, 0.25) is 0 Å². The highest BCUT2D eigenvalue weighted by Gasteiger charge is 2.38. The normalized spacial score (nSPS) is 14.1. The molecule has 0 radical (unpaired) electrons. The second-order valence-corrected chi connectivity index (χ2v) is 8.06. The van der Waals surface area contributed by atoms with Crippen LogP contribution < -0.4 is 0 Å². The molecule has 0 saturated carbocycles. The van der Waals surface area contributed by atoms with Gasteiger partial charge in [0.05, 0.1) is 11.1 Å².